The fourth-order valence-corrected chi connectivity index (χ4v) is 1.89. The van der Waals surface area contributed by atoms with Crippen molar-refractivity contribution in [3.05, 3.63) is 60.2 Å². The van der Waals surface area contributed by atoms with Crippen molar-refractivity contribution >= 4 is 11.9 Å². The summed E-state index contributed by atoms with van der Waals surface area (Å²) in [6.07, 6.45) is 3.13. The fraction of sp³-hybridized carbons (Fsp3) is 0.0667. The molecular weight excluding hydrogens is 285 g/mol. The van der Waals surface area contributed by atoms with Crippen molar-refractivity contribution in [3.8, 4) is 11.4 Å². The van der Waals surface area contributed by atoms with E-state index in [-0.39, 0.29) is 5.82 Å². The van der Waals surface area contributed by atoms with Crippen LogP contribution in [-0.2, 0) is 0 Å². The molecule has 3 rings (SSSR count). The molecule has 1 heterocycles. The topological polar surface area (TPSA) is 65.2 Å². The van der Waals surface area contributed by atoms with Crippen LogP contribution < -0.4 is 4.74 Å². The van der Waals surface area contributed by atoms with Gasteiger partial charge in [0.1, 0.15) is 23.6 Å². The van der Waals surface area contributed by atoms with Gasteiger partial charge in [0.25, 0.3) is 0 Å². The normalized spacial score (nSPS) is 11.0. The molecule has 0 amide bonds. The number of hydrogen-bond acceptors (Lipinski definition) is 5. The monoisotopic (exact) mass is 297 g/mol. The summed E-state index contributed by atoms with van der Waals surface area (Å²) in [6, 6.07) is 11.5. The highest BCUT2D eigenvalue weighted by Crippen LogP contribution is 2.29. The second kappa shape index (κ2) is 6.13. The van der Waals surface area contributed by atoms with E-state index in [1.165, 1.54) is 23.1 Å². The van der Waals surface area contributed by atoms with Crippen LogP contribution in [0, 0.1) is 5.82 Å². The molecule has 3 aromatic rings. The first-order valence-corrected chi connectivity index (χ1v) is 6.47. The Morgan fingerprint density at radius 3 is 2.68 bits per heavy atom. The maximum Gasteiger partial charge on any atom is 0.144 e. The molecule has 0 unspecified atom stereocenters. The maximum atomic E-state index is 12.9. The first kappa shape index (κ1) is 13.9. The van der Waals surface area contributed by atoms with Gasteiger partial charge in [-0.15, -0.1) is 5.10 Å². The molecule has 0 atom stereocenters. The number of tetrazole rings is 1. The van der Waals surface area contributed by atoms with Crippen LogP contribution in [0.5, 0.6) is 5.75 Å². The quantitative estimate of drug-likeness (QED) is 0.694. The van der Waals surface area contributed by atoms with Crippen LogP contribution in [0.1, 0.15) is 5.56 Å². The number of hydrogen-bond donors (Lipinski definition) is 0. The number of aromatic nitrogens is 4. The van der Waals surface area contributed by atoms with Crippen molar-refractivity contribution in [1.29, 1.82) is 0 Å². The molecule has 7 heteroatoms. The standard InChI is InChI=1S/C15H12FN5O/c1-22-15-7-6-13(21-10-18-19-20-21)8-14(15)17-9-11-2-4-12(16)5-3-11/h2-10H,1H3. The Morgan fingerprint density at radius 2 is 2.00 bits per heavy atom. The van der Waals surface area contributed by atoms with Crippen LogP contribution in [0.3, 0.4) is 0 Å². The Labute approximate surface area is 125 Å². The van der Waals surface area contributed by atoms with Crippen LogP contribution >= 0.6 is 0 Å². The lowest BCUT2D eigenvalue weighted by Crippen LogP contribution is -1.95. The predicted molar refractivity (Wildman–Crippen MR) is 79.4 cm³/mol. The number of ether oxygens (including phenoxy) is 1. The van der Waals surface area contributed by atoms with Gasteiger partial charge in [0.15, 0.2) is 0 Å². The van der Waals surface area contributed by atoms with Gasteiger partial charge >= 0.3 is 0 Å². The Hall–Kier alpha value is -3.09. The molecule has 0 radical (unpaired) electrons. The first-order valence-electron chi connectivity index (χ1n) is 6.47. The molecule has 0 spiro atoms. The maximum absolute atomic E-state index is 12.9. The molecule has 0 bridgehead atoms. The number of rotatable bonds is 4. The smallest absolute Gasteiger partial charge is 0.144 e. The summed E-state index contributed by atoms with van der Waals surface area (Å²) in [4.78, 5) is 4.39. The van der Waals surface area contributed by atoms with Gasteiger partial charge < -0.3 is 4.74 Å². The zero-order valence-electron chi connectivity index (χ0n) is 11.7. The van der Waals surface area contributed by atoms with Crippen LogP contribution in [-0.4, -0.2) is 33.5 Å². The molecule has 110 valence electrons. The Morgan fingerprint density at radius 1 is 1.18 bits per heavy atom. The molecule has 0 aliphatic rings. The Bertz CT molecular complexity index is 784. The highest BCUT2D eigenvalue weighted by atomic mass is 19.1. The Kier molecular flexibility index (Phi) is 3.86. The predicted octanol–water partition coefficient (Wildman–Crippen LogP) is 2.56. The number of methoxy groups -OCH3 is 1. The average Bonchev–Trinajstić information content (AvgIpc) is 3.08. The van der Waals surface area contributed by atoms with E-state index >= 15 is 0 Å². The summed E-state index contributed by atoms with van der Waals surface area (Å²) in [5, 5.41) is 11.0. The lowest BCUT2D eigenvalue weighted by Gasteiger charge is -2.06. The van der Waals surface area contributed by atoms with Crippen molar-refractivity contribution < 1.29 is 9.13 Å². The zero-order valence-corrected chi connectivity index (χ0v) is 11.7. The lowest BCUT2D eigenvalue weighted by molar-refractivity contribution is 0.416. The molecule has 0 N–H and O–H groups in total. The van der Waals surface area contributed by atoms with Gasteiger partial charge in [-0.25, -0.2) is 9.07 Å². The second-order valence-corrected chi connectivity index (χ2v) is 4.42. The molecule has 1 aromatic heterocycles. The van der Waals surface area contributed by atoms with Crippen molar-refractivity contribution in [2.24, 2.45) is 4.99 Å². The molecular formula is C15H12FN5O. The van der Waals surface area contributed by atoms with E-state index in [4.69, 9.17) is 4.74 Å². The molecule has 0 aliphatic carbocycles. The molecule has 0 saturated heterocycles. The summed E-state index contributed by atoms with van der Waals surface area (Å²) >= 11 is 0. The summed E-state index contributed by atoms with van der Waals surface area (Å²) in [7, 11) is 1.57. The largest absolute Gasteiger partial charge is 0.494 e. The van der Waals surface area contributed by atoms with Gasteiger partial charge in [-0.3, -0.25) is 4.99 Å². The second-order valence-electron chi connectivity index (χ2n) is 4.42. The van der Waals surface area contributed by atoms with E-state index in [1.807, 2.05) is 6.07 Å². The highest BCUT2D eigenvalue weighted by Gasteiger charge is 2.05. The number of halogens is 1. The number of aliphatic imine (C=N–C) groups is 1. The SMILES string of the molecule is COc1ccc(-n2cnnn2)cc1N=Cc1ccc(F)cc1. The first-order chi connectivity index (χ1) is 10.8. The van der Waals surface area contributed by atoms with Gasteiger partial charge in [-0.05, 0) is 46.3 Å². The van der Waals surface area contributed by atoms with E-state index in [1.54, 1.807) is 37.6 Å². The van der Waals surface area contributed by atoms with Gasteiger partial charge in [0, 0.05) is 6.21 Å². The summed E-state index contributed by atoms with van der Waals surface area (Å²) < 4.78 is 19.7. The number of benzene rings is 2. The van der Waals surface area contributed by atoms with Gasteiger partial charge in [0.2, 0.25) is 0 Å². The van der Waals surface area contributed by atoms with Crippen LogP contribution in [0.2, 0.25) is 0 Å². The fourth-order valence-electron chi connectivity index (χ4n) is 1.89. The minimum absolute atomic E-state index is 0.282. The molecule has 2 aromatic carbocycles. The van der Waals surface area contributed by atoms with Gasteiger partial charge in [-0.1, -0.05) is 12.1 Å². The molecule has 0 aliphatic heterocycles. The zero-order chi connectivity index (χ0) is 15.4. The molecule has 22 heavy (non-hydrogen) atoms. The average molecular weight is 297 g/mol. The van der Waals surface area contributed by atoms with Crippen molar-refractivity contribution in [2.75, 3.05) is 7.11 Å². The minimum atomic E-state index is -0.282. The van der Waals surface area contributed by atoms with Gasteiger partial charge in [-0.2, -0.15) is 0 Å². The van der Waals surface area contributed by atoms with Crippen molar-refractivity contribution in [2.45, 2.75) is 0 Å². The van der Waals surface area contributed by atoms with Crippen LogP contribution in [0.25, 0.3) is 5.69 Å². The lowest BCUT2D eigenvalue weighted by atomic mass is 10.2. The Balaban J connectivity index is 1.94. The summed E-state index contributed by atoms with van der Waals surface area (Å²) in [5.74, 6) is 0.339. The van der Waals surface area contributed by atoms with Crippen LogP contribution in [0.4, 0.5) is 10.1 Å². The van der Waals surface area contributed by atoms with Crippen LogP contribution in [0.15, 0.2) is 53.8 Å². The van der Waals surface area contributed by atoms with E-state index in [9.17, 15) is 4.39 Å². The minimum Gasteiger partial charge on any atom is -0.494 e. The van der Waals surface area contributed by atoms with E-state index in [0.29, 0.717) is 11.4 Å². The van der Waals surface area contributed by atoms with Crippen molar-refractivity contribution in [1.82, 2.24) is 20.2 Å². The molecule has 0 fully saturated rings. The van der Waals surface area contributed by atoms with Gasteiger partial charge in [0.05, 0.1) is 12.8 Å². The third kappa shape index (κ3) is 2.98. The summed E-state index contributed by atoms with van der Waals surface area (Å²) in [6.45, 7) is 0. The van der Waals surface area contributed by atoms with E-state index in [2.05, 4.69) is 20.5 Å². The van der Waals surface area contributed by atoms with Crippen molar-refractivity contribution in [3.63, 3.8) is 0 Å². The van der Waals surface area contributed by atoms with E-state index < -0.39 is 0 Å². The van der Waals surface area contributed by atoms with E-state index in [0.717, 1.165) is 11.3 Å². The molecule has 6 nitrogen and oxygen atoms in total. The third-order valence-corrected chi connectivity index (χ3v) is 3.00. The summed E-state index contributed by atoms with van der Waals surface area (Å²) in [5.41, 5.74) is 2.17. The third-order valence-electron chi connectivity index (χ3n) is 3.00. The highest BCUT2D eigenvalue weighted by molar-refractivity contribution is 5.82. The number of nitrogens with zero attached hydrogens (tertiary/aromatic N) is 5. The molecule has 0 saturated carbocycles.